The molecule has 0 bridgehead atoms. The number of aromatic nitrogens is 1. The van der Waals surface area contributed by atoms with Crippen LogP contribution in [0, 0.1) is 12.3 Å². The van der Waals surface area contributed by atoms with E-state index in [1.807, 2.05) is 6.92 Å². The number of likely N-dealkylation sites (tertiary alicyclic amines) is 1. The smallest absolute Gasteiger partial charge is 0.0961 e. The van der Waals surface area contributed by atoms with Crippen molar-refractivity contribution in [1.29, 1.82) is 5.41 Å². The van der Waals surface area contributed by atoms with Gasteiger partial charge in [-0.3, -0.25) is 5.41 Å². The van der Waals surface area contributed by atoms with Gasteiger partial charge in [0.2, 0.25) is 0 Å². The number of hydrogen-bond acceptors (Lipinski definition) is 3. The summed E-state index contributed by atoms with van der Waals surface area (Å²) in [5, 5.41) is 11.0. The van der Waals surface area contributed by atoms with Crippen LogP contribution in [0.25, 0.3) is 0 Å². The molecule has 0 aliphatic carbocycles. The number of hydrogen-bond donors (Lipinski definition) is 1. The van der Waals surface area contributed by atoms with Crippen LogP contribution in [0.3, 0.4) is 0 Å². The first kappa shape index (κ1) is 9.65. The fourth-order valence-corrected chi connectivity index (χ4v) is 2.34. The molecule has 1 fully saturated rings. The molecule has 2 rings (SSSR count). The van der Waals surface area contributed by atoms with E-state index in [4.69, 9.17) is 5.41 Å². The predicted octanol–water partition coefficient (Wildman–Crippen LogP) is 2.41. The molecule has 1 saturated heterocycles. The third-order valence-electron chi connectivity index (χ3n) is 2.49. The lowest BCUT2D eigenvalue weighted by Gasteiger charge is -2.28. The first-order chi connectivity index (χ1) is 6.75. The van der Waals surface area contributed by atoms with Crippen LogP contribution in [0.15, 0.2) is 5.38 Å². The minimum Gasteiger partial charge on any atom is -0.355 e. The Balaban J connectivity index is 1.99. The Morgan fingerprint density at radius 1 is 1.57 bits per heavy atom. The normalized spacial score (nSPS) is 17.5. The number of thiazole rings is 1. The number of amidine groups is 1. The second-order valence-electron chi connectivity index (χ2n) is 3.68. The van der Waals surface area contributed by atoms with E-state index in [1.165, 1.54) is 12.8 Å². The van der Waals surface area contributed by atoms with Crippen LogP contribution in [-0.4, -0.2) is 22.3 Å². The molecule has 0 amide bonds. The number of nitrogens with one attached hydrogen (secondary N) is 1. The van der Waals surface area contributed by atoms with Crippen molar-refractivity contribution in [3.63, 3.8) is 0 Å². The Morgan fingerprint density at radius 2 is 2.43 bits per heavy atom. The number of rotatable bonds is 2. The average Bonchev–Trinajstić information content (AvgIpc) is 2.56. The molecule has 1 aromatic rings. The topological polar surface area (TPSA) is 40.0 Å². The SMILES string of the molecule is Cc1nc(CN2CCCCC2=N)cs1. The molecule has 1 aliphatic heterocycles. The fourth-order valence-electron chi connectivity index (χ4n) is 1.74. The Hall–Kier alpha value is -0.900. The maximum Gasteiger partial charge on any atom is 0.0961 e. The predicted molar refractivity (Wildman–Crippen MR) is 58.8 cm³/mol. The minimum atomic E-state index is 0.780. The molecule has 4 heteroatoms. The molecular weight excluding hydrogens is 194 g/mol. The first-order valence-corrected chi connectivity index (χ1v) is 5.87. The van der Waals surface area contributed by atoms with Gasteiger partial charge in [0.15, 0.2) is 0 Å². The molecule has 0 spiro atoms. The monoisotopic (exact) mass is 209 g/mol. The molecule has 0 unspecified atom stereocenters. The number of piperidine rings is 1. The molecule has 2 heterocycles. The molecule has 1 N–H and O–H groups in total. The maximum absolute atomic E-state index is 7.80. The van der Waals surface area contributed by atoms with Gasteiger partial charge >= 0.3 is 0 Å². The molecular formula is C10H15N3S. The summed E-state index contributed by atoms with van der Waals surface area (Å²) in [5.74, 6) is 0.780. The molecule has 0 aromatic carbocycles. The molecule has 0 atom stereocenters. The summed E-state index contributed by atoms with van der Waals surface area (Å²) < 4.78 is 0. The van der Waals surface area contributed by atoms with Crippen molar-refractivity contribution in [3.8, 4) is 0 Å². The standard InChI is InChI=1S/C10H15N3S/c1-8-12-9(7-14-8)6-13-5-3-2-4-10(13)11/h7,11H,2-6H2,1H3. The Labute approximate surface area is 88.3 Å². The van der Waals surface area contributed by atoms with Crippen LogP contribution in [0.2, 0.25) is 0 Å². The maximum atomic E-state index is 7.80. The van der Waals surface area contributed by atoms with E-state index < -0.39 is 0 Å². The Bertz CT molecular complexity index is 332. The van der Waals surface area contributed by atoms with Gasteiger partial charge in [-0.25, -0.2) is 4.98 Å². The van der Waals surface area contributed by atoms with Crippen LogP contribution < -0.4 is 0 Å². The highest BCUT2D eigenvalue weighted by atomic mass is 32.1. The highest BCUT2D eigenvalue weighted by Gasteiger charge is 2.15. The first-order valence-electron chi connectivity index (χ1n) is 4.99. The Morgan fingerprint density at radius 3 is 3.07 bits per heavy atom. The van der Waals surface area contributed by atoms with Crippen LogP contribution in [0.1, 0.15) is 30.0 Å². The summed E-state index contributed by atoms with van der Waals surface area (Å²) in [4.78, 5) is 6.56. The summed E-state index contributed by atoms with van der Waals surface area (Å²) in [6.07, 6.45) is 3.32. The van der Waals surface area contributed by atoms with E-state index in [0.717, 1.165) is 36.0 Å². The van der Waals surface area contributed by atoms with E-state index in [2.05, 4.69) is 15.3 Å². The summed E-state index contributed by atoms with van der Waals surface area (Å²) in [6, 6.07) is 0. The van der Waals surface area contributed by atoms with Crippen molar-refractivity contribution >= 4 is 17.2 Å². The third kappa shape index (κ3) is 2.12. The quantitative estimate of drug-likeness (QED) is 0.812. The zero-order valence-corrected chi connectivity index (χ0v) is 9.23. The average molecular weight is 209 g/mol. The lowest BCUT2D eigenvalue weighted by Crippen LogP contribution is -2.34. The molecule has 0 radical (unpaired) electrons. The van der Waals surface area contributed by atoms with Crippen LogP contribution in [0.5, 0.6) is 0 Å². The van der Waals surface area contributed by atoms with Crippen molar-refractivity contribution in [2.45, 2.75) is 32.7 Å². The Kier molecular flexibility index (Phi) is 2.82. The molecule has 0 saturated carbocycles. The molecule has 76 valence electrons. The van der Waals surface area contributed by atoms with E-state index in [1.54, 1.807) is 11.3 Å². The van der Waals surface area contributed by atoms with E-state index in [-0.39, 0.29) is 0 Å². The van der Waals surface area contributed by atoms with Gasteiger partial charge in [-0.15, -0.1) is 11.3 Å². The van der Waals surface area contributed by atoms with Crippen LogP contribution in [0.4, 0.5) is 0 Å². The zero-order chi connectivity index (χ0) is 9.97. The van der Waals surface area contributed by atoms with E-state index >= 15 is 0 Å². The van der Waals surface area contributed by atoms with Crippen molar-refractivity contribution in [2.75, 3.05) is 6.54 Å². The summed E-state index contributed by atoms with van der Waals surface area (Å²) in [5.41, 5.74) is 1.11. The van der Waals surface area contributed by atoms with Crippen LogP contribution >= 0.6 is 11.3 Å². The van der Waals surface area contributed by atoms with Crippen molar-refractivity contribution in [1.82, 2.24) is 9.88 Å². The second kappa shape index (κ2) is 4.09. The molecule has 1 aromatic heterocycles. The minimum absolute atomic E-state index is 0.780. The van der Waals surface area contributed by atoms with Gasteiger partial charge in [-0.1, -0.05) is 0 Å². The highest BCUT2D eigenvalue weighted by Crippen LogP contribution is 2.15. The second-order valence-corrected chi connectivity index (χ2v) is 4.75. The van der Waals surface area contributed by atoms with Gasteiger partial charge in [-0.05, 0) is 19.8 Å². The van der Waals surface area contributed by atoms with Crippen molar-refractivity contribution in [2.24, 2.45) is 0 Å². The zero-order valence-electron chi connectivity index (χ0n) is 8.42. The van der Waals surface area contributed by atoms with Gasteiger partial charge in [0.25, 0.3) is 0 Å². The number of nitrogens with zero attached hydrogens (tertiary/aromatic N) is 2. The summed E-state index contributed by atoms with van der Waals surface area (Å²) >= 11 is 1.69. The summed E-state index contributed by atoms with van der Waals surface area (Å²) in [6.45, 7) is 3.87. The summed E-state index contributed by atoms with van der Waals surface area (Å²) in [7, 11) is 0. The van der Waals surface area contributed by atoms with Gasteiger partial charge in [-0.2, -0.15) is 0 Å². The molecule has 1 aliphatic rings. The van der Waals surface area contributed by atoms with E-state index in [9.17, 15) is 0 Å². The van der Waals surface area contributed by atoms with Crippen LogP contribution in [-0.2, 0) is 6.54 Å². The van der Waals surface area contributed by atoms with Gasteiger partial charge in [0.05, 0.1) is 23.1 Å². The third-order valence-corrected chi connectivity index (χ3v) is 3.32. The van der Waals surface area contributed by atoms with Crippen molar-refractivity contribution < 1.29 is 0 Å². The lowest BCUT2D eigenvalue weighted by atomic mass is 10.1. The van der Waals surface area contributed by atoms with Crippen molar-refractivity contribution in [3.05, 3.63) is 16.1 Å². The largest absolute Gasteiger partial charge is 0.355 e. The van der Waals surface area contributed by atoms with Gasteiger partial charge in [0, 0.05) is 18.3 Å². The molecule has 14 heavy (non-hydrogen) atoms. The molecule has 3 nitrogen and oxygen atoms in total. The van der Waals surface area contributed by atoms with Gasteiger partial charge < -0.3 is 4.90 Å². The van der Waals surface area contributed by atoms with Gasteiger partial charge in [0.1, 0.15) is 0 Å². The highest BCUT2D eigenvalue weighted by molar-refractivity contribution is 7.09. The number of aryl methyl sites for hydroxylation is 1. The lowest BCUT2D eigenvalue weighted by molar-refractivity contribution is 0.358. The van der Waals surface area contributed by atoms with E-state index in [0.29, 0.717) is 0 Å². The fraction of sp³-hybridized carbons (Fsp3) is 0.600.